The van der Waals surface area contributed by atoms with E-state index in [1.165, 1.54) is 0 Å². The molecule has 0 aromatic heterocycles. The fourth-order valence-electron chi connectivity index (χ4n) is 5.05. The lowest BCUT2D eigenvalue weighted by atomic mass is 9.98. The number of aliphatic carboxylic acids is 1. The predicted octanol–water partition coefficient (Wildman–Crippen LogP) is 4.78. The Hall–Kier alpha value is -3.59. The Morgan fingerprint density at radius 3 is 2.32 bits per heavy atom. The van der Waals surface area contributed by atoms with Gasteiger partial charge in [-0.05, 0) is 62.3 Å². The second kappa shape index (κ2) is 11.9. The lowest BCUT2D eigenvalue weighted by molar-refractivity contribution is -0.139. The molecule has 0 saturated carbocycles. The van der Waals surface area contributed by atoms with Gasteiger partial charge in [0.2, 0.25) is 0 Å². The Kier molecular flexibility index (Phi) is 8.56. The number of nitrogens with one attached hydrogen (secondary N) is 1. The van der Waals surface area contributed by atoms with E-state index < -0.39 is 29.8 Å². The maximum atomic E-state index is 12.6. The molecule has 9 heteroatoms. The fourth-order valence-corrected chi connectivity index (χ4v) is 5.05. The first-order valence-electron chi connectivity index (χ1n) is 13.1. The van der Waals surface area contributed by atoms with E-state index in [4.69, 9.17) is 14.2 Å². The van der Waals surface area contributed by atoms with E-state index in [2.05, 4.69) is 17.4 Å². The monoisotopic (exact) mass is 524 g/mol. The third kappa shape index (κ3) is 6.64. The number of ether oxygens (including phenoxy) is 3. The van der Waals surface area contributed by atoms with Gasteiger partial charge in [0.25, 0.3) is 0 Å². The molecule has 1 aliphatic carbocycles. The fraction of sp³-hybridized carbons (Fsp3) is 0.483. The Balaban J connectivity index is 1.29. The molecule has 2 amide bonds. The largest absolute Gasteiger partial charge is 0.480 e. The predicted molar refractivity (Wildman–Crippen MR) is 141 cm³/mol. The number of fused-ring (bicyclic) bond motifs is 3. The summed E-state index contributed by atoms with van der Waals surface area (Å²) < 4.78 is 16.5. The highest BCUT2D eigenvalue weighted by atomic mass is 16.6. The molecule has 1 saturated heterocycles. The summed E-state index contributed by atoms with van der Waals surface area (Å²) in [6, 6.07) is 14.7. The topological polar surface area (TPSA) is 114 Å². The van der Waals surface area contributed by atoms with Crippen LogP contribution in [-0.4, -0.2) is 72.2 Å². The Morgan fingerprint density at radius 1 is 1.08 bits per heavy atom. The molecule has 1 aliphatic heterocycles. The second-order valence-corrected chi connectivity index (χ2v) is 10.7. The first-order valence-corrected chi connectivity index (χ1v) is 13.1. The van der Waals surface area contributed by atoms with Crippen LogP contribution in [0.15, 0.2) is 48.5 Å². The van der Waals surface area contributed by atoms with Gasteiger partial charge >= 0.3 is 18.2 Å². The van der Waals surface area contributed by atoms with Crippen molar-refractivity contribution in [1.29, 1.82) is 0 Å². The second-order valence-electron chi connectivity index (χ2n) is 10.7. The summed E-state index contributed by atoms with van der Waals surface area (Å²) in [5.74, 6) is -1.25. The van der Waals surface area contributed by atoms with E-state index in [0.29, 0.717) is 32.6 Å². The zero-order chi connectivity index (χ0) is 27.3. The van der Waals surface area contributed by atoms with Gasteiger partial charge in [-0.3, -0.25) is 0 Å². The summed E-state index contributed by atoms with van der Waals surface area (Å²) in [5.41, 5.74) is 3.79. The van der Waals surface area contributed by atoms with Crippen LogP contribution in [0.1, 0.15) is 57.1 Å². The van der Waals surface area contributed by atoms with Crippen molar-refractivity contribution in [1.82, 2.24) is 10.2 Å². The number of rotatable bonds is 8. The van der Waals surface area contributed by atoms with Crippen LogP contribution in [0.5, 0.6) is 0 Å². The summed E-state index contributed by atoms with van der Waals surface area (Å²) in [4.78, 5) is 38.7. The molecule has 2 atom stereocenters. The maximum absolute atomic E-state index is 12.6. The van der Waals surface area contributed by atoms with Crippen molar-refractivity contribution in [2.75, 3.05) is 26.4 Å². The summed E-state index contributed by atoms with van der Waals surface area (Å²) in [7, 11) is 0. The Labute approximate surface area is 223 Å². The van der Waals surface area contributed by atoms with Crippen LogP contribution in [0.2, 0.25) is 0 Å². The third-order valence-electron chi connectivity index (χ3n) is 6.82. The van der Waals surface area contributed by atoms with Crippen molar-refractivity contribution in [3.8, 4) is 11.1 Å². The Bertz CT molecular complexity index is 1110. The molecule has 1 unspecified atom stereocenters. The van der Waals surface area contributed by atoms with Gasteiger partial charge in [0, 0.05) is 12.5 Å². The number of carboxylic acids is 1. The number of hydrogen-bond acceptors (Lipinski definition) is 6. The lowest BCUT2D eigenvalue weighted by Gasteiger charge is -2.36. The number of amides is 2. The smallest absolute Gasteiger partial charge is 0.410 e. The highest BCUT2D eigenvalue weighted by Crippen LogP contribution is 2.44. The zero-order valence-electron chi connectivity index (χ0n) is 22.1. The van der Waals surface area contributed by atoms with Gasteiger partial charge in [0.15, 0.2) is 0 Å². The highest BCUT2D eigenvalue weighted by molar-refractivity contribution is 5.81. The molecule has 0 bridgehead atoms. The van der Waals surface area contributed by atoms with Crippen LogP contribution in [0.3, 0.4) is 0 Å². The minimum Gasteiger partial charge on any atom is -0.480 e. The maximum Gasteiger partial charge on any atom is 0.410 e. The molecule has 2 aliphatic rings. The van der Waals surface area contributed by atoms with Crippen LogP contribution in [0.25, 0.3) is 11.1 Å². The van der Waals surface area contributed by atoms with Gasteiger partial charge in [0.1, 0.15) is 18.2 Å². The van der Waals surface area contributed by atoms with Crippen LogP contribution >= 0.6 is 0 Å². The number of carbonyl (C=O) groups is 3. The van der Waals surface area contributed by atoms with Gasteiger partial charge in [-0.25, -0.2) is 14.4 Å². The zero-order valence-corrected chi connectivity index (χ0v) is 22.1. The highest BCUT2D eigenvalue weighted by Gasteiger charge is 2.32. The minimum absolute atomic E-state index is 0.108. The van der Waals surface area contributed by atoms with Crippen molar-refractivity contribution in [3.63, 3.8) is 0 Å². The molecule has 9 nitrogen and oxygen atoms in total. The van der Waals surface area contributed by atoms with Gasteiger partial charge in [-0.15, -0.1) is 0 Å². The van der Waals surface area contributed by atoms with Crippen molar-refractivity contribution < 1.29 is 33.7 Å². The van der Waals surface area contributed by atoms with Crippen molar-refractivity contribution in [2.45, 2.75) is 63.6 Å². The van der Waals surface area contributed by atoms with Gasteiger partial charge in [-0.2, -0.15) is 0 Å². The number of carbonyl (C=O) groups excluding carboxylic acids is 2. The molecule has 1 fully saturated rings. The Morgan fingerprint density at radius 2 is 1.71 bits per heavy atom. The van der Waals surface area contributed by atoms with Crippen LogP contribution in [0.4, 0.5) is 9.59 Å². The summed E-state index contributed by atoms with van der Waals surface area (Å²) in [5, 5.41) is 12.2. The van der Waals surface area contributed by atoms with Gasteiger partial charge in [0.05, 0.1) is 19.3 Å². The molecule has 2 aromatic rings. The van der Waals surface area contributed by atoms with Gasteiger partial charge in [-0.1, -0.05) is 48.5 Å². The van der Waals surface area contributed by atoms with E-state index in [-0.39, 0.29) is 25.0 Å². The molecule has 204 valence electrons. The number of alkyl carbamates (subject to hydrolysis) is 1. The molecule has 4 rings (SSSR count). The van der Waals surface area contributed by atoms with Crippen molar-refractivity contribution in [3.05, 3.63) is 59.7 Å². The quantitative estimate of drug-likeness (QED) is 0.511. The van der Waals surface area contributed by atoms with Crippen LogP contribution < -0.4 is 5.32 Å². The molecule has 38 heavy (non-hydrogen) atoms. The molecule has 0 radical (unpaired) electrons. The van der Waals surface area contributed by atoms with E-state index >= 15 is 0 Å². The van der Waals surface area contributed by atoms with E-state index in [1.807, 2.05) is 57.2 Å². The summed E-state index contributed by atoms with van der Waals surface area (Å²) in [6.07, 6.45) is 0.00891. The first kappa shape index (κ1) is 27.4. The van der Waals surface area contributed by atoms with E-state index in [1.54, 1.807) is 4.90 Å². The normalized spacial score (nSPS) is 17.8. The number of nitrogens with zero attached hydrogens (tertiary/aromatic N) is 1. The van der Waals surface area contributed by atoms with E-state index in [9.17, 15) is 19.5 Å². The van der Waals surface area contributed by atoms with Gasteiger partial charge < -0.3 is 29.5 Å². The number of benzene rings is 2. The van der Waals surface area contributed by atoms with Crippen LogP contribution in [-0.2, 0) is 19.0 Å². The average Bonchev–Trinajstić information content (AvgIpc) is 3.19. The summed E-state index contributed by atoms with van der Waals surface area (Å²) in [6.45, 7) is 6.75. The molecular weight excluding hydrogens is 488 g/mol. The number of hydrogen-bond donors (Lipinski definition) is 2. The first-order chi connectivity index (χ1) is 18.1. The molecule has 0 spiro atoms. The number of carboxylic acid groups (broad SMARTS) is 1. The minimum atomic E-state index is -1.14. The van der Waals surface area contributed by atoms with Crippen molar-refractivity contribution >= 4 is 18.2 Å². The standard InChI is InChI=1S/C29H36N2O7/c1-29(2,3)38-28(35)31-15-16-36-17-19(31)9-8-14-25(26(32)33)30-27(34)37-18-24-22-12-6-4-10-20(22)21-11-5-7-13-23(21)24/h4-7,10-13,19,24-25H,8-9,14-18H2,1-3H3,(H,30,34)(H,32,33)/t19?,25-/m0/s1. The molecule has 2 aromatic carbocycles. The molecule has 2 N–H and O–H groups in total. The van der Waals surface area contributed by atoms with E-state index in [0.717, 1.165) is 22.3 Å². The molecule has 1 heterocycles. The summed E-state index contributed by atoms with van der Waals surface area (Å²) >= 11 is 0. The number of morpholine rings is 1. The van der Waals surface area contributed by atoms with Crippen LogP contribution in [0, 0.1) is 0 Å². The average molecular weight is 525 g/mol. The van der Waals surface area contributed by atoms with Crippen molar-refractivity contribution in [2.24, 2.45) is 0 Å². The lowest BCUT2D eigenvalue weighted by Crippen LogP contribution is -2.50. The third-order valence-corrected chi connectivity index (χ3v) is 6.82. The SMILES string of the molecule is CC(C)(C)OC(=O)N1CCOCC1CCC[C@H](NC(=O)OCC1c2ccccc2-c2ccccc21)C(=O)O. The molecular formula is C29H36N2O7.